The average Bonchev–Trinajstić information content (AvgIpc) is 3.34. The molecule has 1 aromatic carbocycles. The van der Waals surface area contributed by atoms with Gasteiger partial charge in [-0.3, -0.25) is 4.79 Å². The molecule has 144 valence electrons. The highest BCUT2D eigenvalue weighted by Gasteiger charge is 2.52. The van der Waals surface area contributed by atoms with Gasteiger partial charge in [-0.1, -0.05) is 6.07 Å². The van der Waals surface area contributed by atoms with Gasteiger partial charge in [0.15, 0.2) is 0 Å². The van der Waals surface area contributed by atoms with Crippen LogP contribution in [0.5, 0.6) is 0 Å². The zero-order valence-corrected chi connectivity index (χ0v) is 17.0. The Balaban J connectivity index is 1.68. The summed E-state index contributed by atoms with van der Waals surface area (Å²) < 4.78 is 0. The standard InChI is InChI=1S/C23H26N4O/c1-14-11-24-21-19(14)9-17(12-25-21)15-7-16-10-23(5-6-23)27(4)22(28)20(16)18(8-15)13-26(2)3/h7-9,11-12H,5-6,10,13H2,1-4H3,(H,24,25). The second-order valence-electron chi connectivity index (χ2n) is 8.76. The van der Waals surface area contributed by atoms with Crippen LogP contribution in [-0.2, 0) is 13.0 Å². The second kappa shape index (κ2) is 5.92. The number of fused-ring (bicyclic) bond motifs is 2. The minimum absolute atomic E-state index is 0.0531. The lowest BCUT2D eigenvalue weighted by molar-refractivity contribution is 0.0679. The van der Waals surface area contributed by atoms with Crippen LogP contribution in [0.4, 0.5) is 0 Å². The van der Waals surface area contributed by atoms with Crippen molar-refractivity contribution in [2.24, 2.45) is 0 Å². The zero-order valence-electron chi connectivity index (χ0n) is 17.0. The first-order chi connectivity index (χ1) is 13.4. The van der Waals surface area contributed by atoms with Gasteiger partial charge < -0.3 is 14.8 Å². The van der Waals surface area contributed by atoms with Crippen LogP contribution in [0.3, 0.4) is 0 Å². The molecule has 2 aromatic heterocycles. The molecule has 3 heterocycles. The summed E-state index contributed by atoms with van der Waals surface area (Å²) in [5, 5.41) is 1.15. The van der Waals surface area contributed by atoms with Crippen molar-refractivity contribution >= 4 is 16.9 Å². The van der Waals surface area contributed by atoms with Gasteiger partial charge >= 0.3 is 0 Å². The number of likely N-dealkylation sites (N-methyl/N-ethyl adjacent to an activating group) is 1. The van der Waals surface area contributed by atoms with E-state index >= 15 is 0 Å². The van der Waals surface area contributed by atoms with Gasteiger partial charge in [-0.2, -0.15) is 0 Å². The van der Waals surface area contributed by atoms with E-state index in [0.717, 1.165) is 59.1 Å². The molecule has 0 unspecified atom stereocenters. The second-order valence-corrected chi connectivity index (χ2v) is 8.76. The van der Waals surface area contributed by atoms with E-state index in [2.05, 4.69) is 54.1 Å². The summed E-state index contributed by atoms with van der Waals surface area (Å²) in [6.07, 6.45) is 7.11. The Labute approximate surface area is 165 Å². The molecule has 1 amide bonds. The molecule has 1 fully saturated rings. The van der Waals surface area contributed by atoms with Gasteiger partial charge in [-0.05, 0) is 74.7 Å². The molecule has 0 bridgehead atoms. The number of carbonyl (C=O) groups is 1. The minimum atomic E-state index is 0.0531. The fourth-order valence-corrected chi connectivity index (χ4v) is 4.62. The maximum Gasteiger partial charge on any atom is 0.254 e. The molecule has 1 spiro atoms. The van der Waals surface area contributed by atoms with E-state index in [0.29, 0.717) is 0 Å². The number of hydrogen-bond acceptors (Lipinski definition) is 3. The van der Waals surface area contributed by atoms with Crippen molar-refractivity contribution in [3.63, 3.8) is 0 Å². The fraction of sp³-hybridized carbons (Fsp3) is 0.391. The number of H-pyrrole nitrogens is 1. The predicted molar refractivity (Wildman–Crippen MR) is 111 cm³/mol. The summed E-state index contributed by atoms with van der Waals surface area (Å²) in [7, 11) is 6.07. The molecule has 1 aliphatic carbocycles. The number of nitrogens with zero attached hydrogens (tertiary/aromatic N) is 3. The van der Waals surface area contributed by atoms with Crippen LogP contribution in [0, 0.1) is 6.92 Å². The molecule has 0 atom stereocenters. The lowest BCUT2D eigenvalue weighted by Crippen LogP contribution is -2.45. The van der Waals surface area contributed by atoms with Crippen LogP contribution in [-0.4, -0.2) is 52.4 Å². The molecule has 5 rings (SSSR count). The van der Waals surface area contributed by atoms with Gasteiger partial charge in [0.1, 0.15) is 5.65 Å². The SMILES string of the molecule is Cc1c[nH]c2ncc(-c3cc(CN(C)C)c4c(c3)CC3(CC3)N(C)C4=O)cc12. The maximum atomic E-state index is 13.2. The molecule has 5 heteroatoms. The first-order valence-electron chi connectivity index (χ1n) is 9.91. The Bertz CT molecular complexity index is 1090. The Morgan fingerprint density at radius 2 is 2.00 bits per heavy atom. The van der Waals surface area contributed by atoms with Crippen LogP contribution in [0.15, 0.2) is 30.6 Å². The van der Waals surface area contributed by atoms with Crippen molar-refractivity contribution in [3.8, 4) is 11.1 Å². The van der Waals surface area contributed by atoms with E-state index in [-0.39, 0.29) is 11.4 Å². The molecule has 0 saturated heterocycles. The van der Waals surface area contributed by atoms with Crippen LogP contribution in [0.1, 0.15) is 39.9 Å². The Kier molecular flexibility index (Phi) is 3.68. The molecular formula is C23H26N4O. The van der Waals surface area contributed by atoms with Crippen molar-refractivity contribution in [3.05, 3.63) is 52.8 Å². The monoisotopic (exact) mass is 374 g/mol. The molecule has 28 heavy (non-hydrogen) atoms. The van der Waals surface area contributed by atoms with E-state index in [1.165, 1.54) is 11.1 Å². The van der Waals surface area contributed by atoms with Crippen molar-refractivity contribution in [1.82, 2.24) is 19.8 Å². The van der Waals surface area contributed by atoms with Crippen LogP contribution in [0.25, 0.3) is 22.2 Å². The summed E-state index contributed by atoms with van der Waals surface area (Å²) >= 11 is 0. The van der Waals surface area contributed by atoms with E-state index < -0.39 is 0 Å². The van der Waals surface area contributed by atoms with Crippen molar-refractivity contribution in [2.75, 3.05) is 21.1 Å². The van der Waals surface area contributed by atoms with Gasteiger partial charge in [0.2, 0.25) is 0 Å². The molecular weight excluding hydrogens is 348 g/mol. The van der Waals surface area contributed by atoms with Crippen molar-refractivity contribution < 1.29 is 4.79 Å². The number of aromatic nitrogens is 2. The van der Waals surface area contributed by atoms with E-state index in [1.807, 2.05) is 24.3 Å². The smallest absolute Gasteiger partial charge is 0.254 e. The molecule has 3 aromatic rings. The maximum absolute atomic E-state index is 13.2. The van der Waals surface area contributed by atoms with Crippen molar-refractivity contribution in [2.45, 2.75) is 38.3 Å². The Morgan fingerprint density at radius 3 is 2.71 bits per heavy atom. The Morgan fingerprint density at radius 1 is 1.21 bits per heavy atom. The number of rotatable bonds is 3. The van der Waals surface area contributed by atoms with Crippen LogP contribution in [0.2, 0.25) is 0 Å². The number of aromatic amines is 1. The molecule has 1 N–H and O–H groups in total. The summed E-state index contributed by atoms with van der Waals surface area (Å²) in [5.41, 5.74) is 7.64. The summed E-state index contributed by atoms with van der Waals surface area (Å²) in [4.78, 5) is 25.1. The summed E-state index contributed by atoms with van der Waals surface area (Å²) in [6, 6.07) is 6.61. The molecule has 0 radical (unpaired) electrons. The average molecular weight is 374 g/mol. The van der Waals surface area contributed by atoms with E-state index in [1.54, 1.807) is 0 Å². The predicted octanol–water partition coefficient (Wildman–Crippen LogP) is 3.76. The van der Waals surface area contributed by atoms with Crippen LogP contribution >= 0.6 is 0 Å². The topological polar surface area (TPSA) is 52.2 Å². The highest BCUT2D eigenvalue weighted by molar-refractivity contribution is 6.00. The lowest BCUT2D eigenvalue weighted by atomic mass is 9.86. The van der Waals surface area contributed by atoms with Gasteiger partial charge in [-0.15, -0.1) is 0 Å². The highest BCUT2D eigenvalue weighted by Crippen LogP contribution is 2.48. The first kappa shape index (κ1) is 17.4. The Hall–Kier alpha value is -2.66. The fourth-order valence-electron chi connectivity index (χ4n) is 4.62. The number of carbonyl (C=O) groups excluding carboxylic acids is 1. The number of nitrogens with one attached hydrogen (secondary N) is 1. The van der Waals surface area contributed by atoms with Gasteiger partial charge in [-0.25, -0.2) is 4.98 Å². The number of amides is 1. The van der Waals surface area contributed by atoms with E-state index in [9.17, 15) is 4.79 Å². The summed E-state index contributed by atoms with van der Waals surface area (Å²) in [5.74, 6) is 0.178. The first-order valence-corrected chi connectivity index (χ1v) is 9.91. The molecule has 1 saturated carbocycles. The third-order valence-electron chi connectivity index (χ3n) is 6.44. The minimum Gasteiger partial charge on any atom is -0.346 e. The third-order valence-corrected chi connectivity index (χ3v) is 6.44. The van der Waals surface area contributed by atoms with Crippen molar-refractivity contribution in [1.29, 1.82) is 0 Å². The normalized spacial score (nSPS) is 17.6. The quantitative estimate of drug-likeness (QED) is 0.759. The number of aryl methyl sites for hydroxylation is 1. The molecule has 1 aliphatic heterocycles. The van der Waals surface area contributed by atoms with Gasteiger partial charge in [0.05, 0.1) is 0 Å². The molecule has 2 aliphatic rings. The zero-order chi connectivity index (χ0) is 19.6. The van der Waals surface area contributed by atoms with Gasteiger partial charge in [0.25, 0.3) is 5.91 Å². The summed E-state index contributed by atoms with van der Waals surface area (Å²) in [6.45, 7) is 2.85. The number of pyridine rings is 1. The number of hydrogen-bond donors (Lipinski definition) is 1. The molecule has 5 nitrogen and oxygen atoms in total. The van der Waals surface area contributed by atoms with E-state index in [4.69, 9.17) is 0 Å². The van der Waals surface area contributed by atoms with Gasteiger partial charge in [0, 0.05) is 48.0 Å². The number of benzene rings is 1. The van der Waals surface area contributed by atoms with Crippen LogP contribution < -0.4 is 0 Å². The highest BCUT2D eigenvalue weighted by atomic mass is 16.2. The lowest BCUT2D eigenvalue weighted by Gasteiger charge is -2.36. The third kappa shape index (κ3) is 2.57. The largest absolute Gasteiger partial charge is 0.346 e.